The van der Waals surface area contributed by atoms with Gasteiger partial charge in [0.2, 0.25) is 10.0 Å². The van der Waals surface area contributed by atoms with Crippen molar-refractivity contribution in [3.63, 3.8) is 0 Å². The first-order valence-corrected chi connectivity index (χ1v) is 8.32. The minimum absolute atomic E-state index is 0.0307. The zero-order chi connectivity index (χ0) is 15.6. The topological polar surface area (TPSA) is 98.1 Å². The molecule has 0 atom stereocenters. The van der Waals surface area contributed by atoms with Crippen LogP contribution < -0.4 is 14.8 Å². The molecule has 1 aromatic heterocycles. The van der Waals surface area contributed by atoms with Gasteiger partial charge in [-0.15, -0.1) is 0 Å². The number of rotatable bonds is 6. The van der Waals surface area contributed by atoms with Gasteiger partial charge in [-0.2, -0.15) is 5.10 Å². The number of sulfonamides is 1. The summed E-state index contributed by atoms with van der Waals surface area (Å²) in [5.74, 6) is 1.27. The number of aryl methyl sites for hydroxylation is 1. The Morgan fingerprint density at radius 1 is 1.36 bits per heavy atom. The van der Waals surface area contributed by atoms with Gasteiger partial charge in [0.05, 0.1) is 4.90 Å². The summed E-state index contributed by atoms with van der Waals surface area (Å²) in [4.78, 5) is 4.28. The van der Waals surface area contributed by atoms with E-state index in [2.05, 4.69) is 20.1 Å². The highest BCUT2D eigenvalue weighted by Crippen LogP contribution is 2.17. The first-order valence-electron chi connectivity index (χ1n) is 6.83. The van der Waals surface area contributed by atoms with Gasteiger partial charge in [-0.3, -0.25) is 4.68 Å². The minimum atomic E-state index is -3.47. The number of benzene rings is 1. The van der Waals surface area contributed by atoms with Crippen molar-refractivity contribution in [3.8, 4) is 5.75 Å². The van der Waals surface area contributed by atoms with E-state index < -0.39 is 10.0 Å². The van der Waals surface area contributed by atoms with Crippen molar-refractivity contribution in [2.45, 2.75) is 17.5 Å². The van der Waals surface area contributed by atoms with Crippen molar-refractivity contribution in [2.75, 3.05) is 13.1 Å². The Hall–Kier alpha value is -1.97. The Kier molecular flexibility index (Phi) is 4.10. The van der Waals surface area contributed by atoms with E-state index in [-0.39, 0.29) is 17.5 Å². The van der Waals surface area contributed by atoms with Crippen molar-refractivity contribution >= 4 is 10.0 Å². The zero-order valence-corrected chi connectivity index (χ0v) is 12.9. The molecule has 1 aliphatic rings. The van der Waals surface area contributed by atoms with Crippen LogP contribution >= 0.6 is 0 Å². The fraction of sp³-hybridized carbons (Fsp3) is 0.385. The molecule has 0 aliphatic carbocycles. The molecule has 0 amide bonds. The molecular weight excluding hydrogens is 306 g/mol. The van der Waals surface area contributed by atoms with Crippen molar-refractivity contribution in [2.24, 2.45) is 7.05 Å². The van der Waals surface area contributed by atoms with Crippen LogP contribution in [0.4, 0.5) is 0 Å². The summed E-state index contributed by atoms with van der Waals surface area (Å²) in [7, 11) is -1.69. The second-order valence-electron chi connectivity index (χ2n) is 5.04. The molecule has 0 bridgehead atoms. The summed E-state index contributed by atoms with van der Waals surface area (Å²) in [5, 5.41) is 6.97. The van der Waals surface area contributed by atoms with Crippen LogP contribution in [-0.4, -0.2) is 42.3 Å². The predicted octanol–water partition coefficient (Wildman–Crippen LogP) is -0.356. The number of nitrogens with zero attached hydrogens (tertiary/aromatic N) is 3. The lowest BCUT2D eigenvalue weighted by Crippen LogP contribution is -2.56. The van der Waals surface area contributed by atoms with Crippen LogP contribution in [0.5, 0.6) is 5.75 Å². The summed E-state index contributed by atoms with van der Waals surface area (Å²) in [6, 6.07) is 6.28. The summed E-state index contributed by atoms with van der Waals surface area (Å²) in [6.07, 6.45) is 1.45. The van der Waals surface area contributed by atoms with E-state index in [1.807, 2.05) is 0 Å². The van der Waals surface area contributed by atoms with E-state index in [9.17, 15) is 8.42 Å². The maximum Gasteiger partial charge on any atom is 0.240 e. The molecule has 0 saturated carbocycles. The van der Waals surface area contributed by atoms with Crippen molar-refractivity contribution in [3.05, 3.63) is 36.4 Å². The Balaban J connectivity index is 1.63. The van der Waals surface area contributed by atoms with Gasteiger partial charge >= 0.3 is 0 Å². The van der Waals surface area contributed by atoms with Crippen LogP contribution in [-0.2, 0) is 23.7 Å². The van der Waals surface area contributed by atoms with Crippen molar-refractivity contribution < 1.29 is 13.2 Å². The molecule has 9 heteroatoms. The van der Waals surface area contributed by atoms with Crippen LogP contribution in [0.2, 0.25) is 0 Å². The minimum Gasteiger partial charge on any atom is -0.486 e. The number of hydrogen-bond acceptors (Lipinski definition) is 6. The molecular formula is C13H17N5O3S. The van der Waals surface area contributed by atoms with Crippen LogP contribution in [0.3, 0.4) is 0 Å². The van der Waals surface area contributed by atoms with Gasteiger partial charge < -0.3 is 10.1 Å². The number of hydrogen-bond donors (Lipinski definition) is 2. The predicted molar refractivity (Wildman–Crippen MR) is 78.8 cm³/mol. The molecule has 0 unspecified atom stereocenters. The monoisotopic (exact) mass is 323 g/mol. The summed E-state index contributed by atoms with van der Waals surface area (Å²) < 4.78 is 34.1. The van der Waals surface area contributed by atoms with Crippen LogP contribution in [0.15, 0.2) is 35.5 Å². The Bertz CT molecular complexity index is 737. The van der Waals surface area contributed by atoms with Gasteiger partial charge in [0.25, 0.3) is 0 Å². The first-order chi connectivity index (χ1) is 10.5. The molecule has 1 aliphatic heterocycles. The quantitative estimate of drug-likeness (QED) is 0.754. The smallest absolute Gasteiger partial charge is 0.240 e. The molecule has 1 fully saturated rings. The first kappa shape index (κ1) is 14.9. The summed E-state index contributed by atoms with van der Waals surface area (Å²) in [6.45, 7) is 1.60. The normalized spacial score (nSPS) is 15.5. The van der Waals surface area contributed by atoms with Gasteiger partial charge in [-0.05, 0) is 24.3 Å². The van der Waals surface area contributed by atoms with E-state index in [4.69, 9.17) is 4.74 Å². The van der Waals surface area contributed by atoms with Crippen molar-refractivity contribution in [1.29, 1.82) is 0 Å². The Morgan fingerprint density at radius 2 is 2.09 bits per heavy atom. The fourth-order valence-corrected chi connectivity index (χ4v) is 3.21. The summed E-state index contributed by atoms with van der Waals surface area (Å²) in [5.41, 5.74) is 0. The highest BCUT2D eigenvalue weighted by Gasteiger charge is 2.24. The highest BCUT2D eigenvalue weighted by atomic mass is 32.2. The van der Waals surface area contributed by atoms with Crippen LogP contribution in [0, 0.1) is 0 Å². The fourth-order valence-electron chi connectivity index (χ4n) is 1.97. The SMILES string of the molecule is Cn1ncnc1COc1ccc(S(=O)(=O)NC2CNC2)cc1. The van der Waals surface area contributed by atoms with Gasteiger partial charge in [0, 0.05) is 26.2 Å². The molecule has 22 heavy (non-hydrogen) atoms. The third-order valence-corrected chi connectivity index (χ3v) is 4.95. The molecule has 0 radical (unpaired) electrons. The molecule has 0 spiro atoms. The average molecular weight is 323 g/mol. The molecule has 2 aromatic rings. The standard InChI is InChI=1S/C13H17N5O3S/c1-18-13(15-9-16-18)8-21-11-2-4-12(5-3-11)22(19,20)17-10-6-14-7-10/h2-5,9-10,14,17H,6-8H2,1H3. The lowest BCUT2D eigenvalue weighted by Gasteiger charge is -2.27. The van der Waals surface area contributed by atoms with E-state index in [0.717, 1.165) is 0 Å². The maximum absolute atomic E-state index is 12.1. The van der Waals surface area contributed by atoms with Gasteiger partial charge in [-0.1, -0.05) is 0 Å². The molecule has 2 heterocycles. The van der Waals surface area contributed by atoms with E-state index in [1.54, 1.807) is 23.9 Å². The molecule has 1 aromatic carbocycles. The lowest BCUT2D eigenvalue weighted by molar-refractivity contribution is 0.289. The maximum atomic E-state index is 12.1. The van der Waals surface area contributed by atoms with Crippen LogP contribution in [0.25, 0.3) is 0 Å². The molecule has 8 nitrogen and oxygen atoms in total. The Labute approximate surface area is 128 Å². The van der Waals surface area contributed by atoms with Gasteiger partial charge in [0.1, 0.15) is 18.7 Å². The number of ether oxygens (including phenoxy) is 1. The van der Waals surface area contributed by atoms with E-state index in [0.29, 0.717) is 24.7 Å². The van der Waals surface area contributed by atoms with E-state index >= 15 is 0 Å². The molecule has 1 saturated heterocycles. The van der Waals surface area contributed by atoms with Gasteiger partial charge in [-0.25, -0.2) is 18.1 Å². The van der Waals surface area contributed by atoms with Crippen molar-refractivity contribution in [1.82, 2.24) is 24.8 Å². The highest BCUT2D eigenvalue weighted by molar-refractivity contribution is 7.89. The largest absolute Gasteiger partial charge is 0.486 e. The number of aromatic nitrogens is 3. The zero-order valence-electron chi connectivity index (χ0n) is 12.1. The number of nitrogens with one attached hydrogen (secondary N) is 2. The average Bonchev–Trinajstić information content (AvgIpc) is 2.87. The second kappa shape index (κ2) is 6.03. The van der Waals surface area contributed by atoms with E-state index in [1.165, 1.54) is 18.5 Å². The second-order valence-corrected chi connectivity index (χ2v) is 6.75. The van der Waals surface area contributed by atoms with Gasteiger partial charge in [0.15, 0.2) is 5.82 Å². The summed E-state index contributed by atoms with van der Waals surface area (Å²) >= 11 is 0. The lowest BCUT2D eigenvalue weighted by atomic mass is 10.2. The third kappa shape index (κ3) is 3.26. The third-order valence-electron chi connectivity index (χ3n) is 3.41. The molecule has 3 rings (SSSR count). The van der Waals surface area contributed by atoms with Crippen LogP contribution in [0.1, 0.15) is 5.82 Å². The molecule has 118 valence electrons. The Morgan fingerprint density at radius 3 is 2.64 bits per heavy atom. The molecule has 2 N–H and O–H groups in total.